The van der Waals surface area contributed by atoms with Crippen molar-refractivity contribution in [1.82, 2.24) is 9.55 Å². The molecule has 2 aromatic rings. The van der Waals surface area contributed by atoms with Crippen LogP contribution < -0.4 is 0 Å². The maximum atomic E-state index is 10.5. The number of benzene rings is 1. The first-order valence-corrected chi connectivity index (χ1v) is 7.61. The molecule has 0 amide bonds. The lowest BCUT2D eigenvalue weighted by molar-refractivity contribution is 0.0457. The molecule has 0 radical (unpaired) electrons. The molecule has 1 aromatic carbocycles. The lowest BCUT2D eigenvalue weighted by Gasteiger charge is -2.29. The third kappa shape index (κ3) is 2.88. The second kappa shape index (κ2) is 5.96. The van der Waals surface area contributed by atoms with Gasteiger partial charge in [-0.25, -0.2) is 4.98 Å². The van der Waals surface area contributed by atoms with Crippen molar-refractivity contribution < 1.29 is 5.11 Å². The number of nitrogens with zero attached hydrogens (tertiary/aromatic N) is 2. The number of imidazole rings is 1. The average Bonchev–Trinajstić information content (AvgIpc) is 2.77. The van der Waals surface area contributed by atoms with Crippen molar-refractivity contribution in [3.8, 4) is 0 Å². The van der Waals surface area contributed by atoms with Crippen LogP contribution in [0, 0.1) is 5.41 Å². The van der Waals surface area contributed by atoms with E-state index in [9.17, 15) is 5.11 Å². The minimum Gasteiger partial charge on any atom is -0.392 e. The molecular formula is C17H26N2O. The minimum absolute atomic E-state index is 0.0742. The Kier molecular flexibility index (Phi) is 4.48. The molecule has 0 aliphatic heterocycles. The zero-order chi connectivity index (χ0) is 14.8. The highest BCUT2D eigenvalue weighted by atomic mass is 16.3. The predicted molar refractivity (Wildman–Crippen MR) is 83.8 cm³/mol. The van der Waals surface area contributed by atoms with E-state index in [1.807, 2.05) is 18.2 Å². The Bertz CT molecular complexity index is 571. The molecule has 20 heavy (non-hydrogen) atoms. The number of hydrogen-bond donors (Lipinski definition) is 1. The van der Waals surface area contributed by atoms with Gasteiger partial charge in [-0.2, -0.15) is 0 Å². The van der Waals surface area contributed by atoms with E-state index >= 15 is 0 Å². The van der Waals surface area contributed by atoms with Crippen LogP contribution in [0.1, 0.15) is 46.4 Å². The molecule has 3 nitrogen and oxygen atoms in total. The fourth-order valence-electron chi connectivity index (χ4n) is 2.44. The van der Waals surface area contributed by atoms with Crippen LogP contribution >= 0.6 is 0 Å². The van der Waals surface area contributed by atoms with E-state index in [1.165, 1.54) is 5.52 Å². The van der Waals surface area contributed by atoms with Crippen molar-refractivity contribution in [1.29, 1.82) is 0 Å². The summed E-state index contributed by atoms with van der Waals surface area (Å²) in [5.74, 6) is 1.00. The molecule has 1 aromatic heterocycles. The Hall–Kier alpha value is -1.35. The lowest BCUT2D eigenvalue weighted by Crippen LogP contribution is -2.31. The normalized spacial score (nSPS) is 13.8. The van der Waals surface area contributed by atoms with Crippen LogP contribution in [0.2, 0.25) is 0 Å². The first kappa shape index (κ1) is 15.0. The first-order valence-electron chi connectivity index (χ1n) is 7.61. The van der Waals surface area contributed by atoms with Gasteiger partial charge in [0.1, 0.15) is 5.82 Å². The zero-order valence-electron chi connectivity index (χ0n) is 13.1. The maximum Gasteiger partial charge on any atom is 0.112 e. The first-order chi connectivity index (χ1) is 9.49. The van der Waals surface area contributed by atoms with Crippen LogP contribution in [-0.2, 0) is 13.0 Å². The zero-order valence-corrected chi connectivity index (χ0v) is 13.1. The van der Waals surface area contributed by atoms with Crippen molar-refractivity contribution >= 4 is 11.0 Å². The summed E-state index contributed by atoms with van der Waals surface area (Å²) >= 11 is 0. The van der Waals surface area contributed by atoms with Crippen molar-refractivity contribution in [2.75, 3.05) is 0 Å². The van der Waals surface area contributed by atoms with Crippen LogP contribution in [0.5, 0.6) is 0 Å². The van der Waals surface area contributed by atoms with E-state index in [1.54, 1.807) is 0 Å². The van der Waals surface area contributed by atoms with Crippen LogP contribution in [0.4, 0.5) is 0 Å². The molecule has 2 rings (SSSR count). The second-order valence-corrected chi connectivity index (χ2v) is 6.23. The van der Waals surface area contributed by atoms with Gasteiger partial charge in [-0.15, -0.1) is 0 Å². The summed E-state index contributed by atoms with van der Waals surface area (Å²) in [6, 6.07) is 8.22. The fraction of sp³-hybridized carbons (Fsp3) is 0.588. The molecule has 0 saturated carbocycles. The summed E-state index contributed by atoms with van der Waals surface area (Å²) in [6.45, 7) is 9.48. The number of aliphatic hydroxyl groups is 1. The van der Waals surface area contributed by atoms with Crippen molar-refractivity contribution in [3.05, 3.63) is 30.1 Å². The van der Waals surface area contributed by atoms with Gasteiger partial charge in [0.25, 0.3) is 0 Å². The molecule has 110 valence electrons. The van der Waals surface area contributed by atoms with Gasteiger partial charge in [0, 0.05) is 13.0 Å². The van der Waals surface area contributed by atoms with Gasteiger partial charge >= 0.3 is 0 Å². The minimum atomic E-state index is -0.361. The molecular weight excluding hydrogens is 248 g/mol. The number of para-hydroxylation sites is 2. The van der Waals surface area contributed by atoms with E-state index in [4.69, 9.17) is 4.98 Å². The molecule has 0 aliphatic rings. The van der Waals surface area contributed by atoms with E-state index < -0.39 is 0 Å². The quantitative estimate of drug-likeness (QED) is 0.870. The second-order valence-electron chi connectivity index (χ2n) is 6.23. The number of aromatic nitrogens is 2. The van der Waals surface area contributed by atoms with Gasteiger partial charge in [-0.1, -0.05) is 39.8 Å². The smallest absolute Gasteiger partial charge is 0.112 e. The highest BCUT2D eigenvalue weighted by Crippen LogP contribution is 2.28. The number of rotatable bonds is 6. The summed E-state index contributed by atoms with van der Waals surface area (Å²) in [4.78, 5) is 4.72. The Morgan fingerprint density at radius 1 is 1.25 bits per heavy atom. The summed E-state index contributed by atoms with van der Waals surface area (Å²) in [5, 5.41) is 10.5. The van der Waals surface area contributed by atoms with Gasteiger partial charge in [0.2, 0.25) is 0 Å². The monoisotopic (exact) mass is 274 g/mol. The third-order valence-corrected chi connectivity index (χ3v) is 4.37. The number of aryl methyl sites for hydroxylation is 1. The molecule has 1 heterocycles. The largest absolute Gasteiger partial charge is 0.392 e. The Balaban J connectivity index is 2.36. The molecule has 0 bridgehead atoms. The van der Waals surface area contributed by atoms with Crippen LogP contribution in [0.25, 0.3) is 11.0 Å². The molecule has 0 fully saturated rings. The topological polar surface area (TPSA) is 38.0 Å². The van der Waals surface area contributed by atoms with Crippen molar-refractivity contribution in [3.63, 3.8) is 0 Å². The molecule has 0 aliphatic carbocycles. The van der Waals surface area contributed by atoms with Gasteiger partial charge in [-0.05, 0) is 30.4 Å². The molecule has 1 atom stereocenters. The summed E-state index contributed by atoms with van der Waals surface area (Å²) < 4.78 is 2.25. The number of fused-ring (bicyclic) bond motifs is 1. The molecule has 3 heteroatoms. The third-order valence-electron chi connectivity index (χ3n) is 4.37. The highest BCUT2D eigenvalue weighted by Gasteiger charge is 2.27. The van der Waals surface area contributed by atoms with Crippen LogP contribution in [0.3, 0.4) is 0 Å². The maximum absolute atomic E-state index is 10.5. The van der Waals surface area contributed by atoms with Crippen molar-refractivity contribution in [2.24, 2.45) is 5.41 Å². The molecule has 1 unspecified atom stereocenters. The lowest BCUT2D eigenvalue weighted by atomic mass is 9.82. The Morgan fingerprint density at radius 2 is 1.95 bits per heavy atom. The van der Waals surface area contributed by atoms with Gasteiger partial charge in [-0.3, -0.25) is 0 Å². The average molecular weight is 274 g/mol. The SMILES string of the molecule is CCCn1c(CC(O)C(C)(C)CC)nc2ccccc21. The van der Waals surface area contributed by atoms with Crippen molar-refractivity contribution in [2.45, 2.75) is 59.6 Å². The summed E-state index contributed by atoms with van der Waals surface area (Å²) in [5.41, 5.74) is 2.12. The number of hydrogen-bond acceptors (Lipinski definition) is 2. The molecule has 1 N–H and O–H groups in total. The summed E-state index contributed by atoms with van der Waals surface area (Å²) in [6.07, 6.45) is 2.29. The molecule has 0 spiro atoms. The van der Waals surface area contributed by atoms with Crippen LogP contribution in [0.15, 0.2) is 24.3 Å². The van der Waals surface area contributed by atoms with Gasteiger partial charge in [0.05, 0.1) is 17.1 Å². The summed E-state index contributed by atoms with van der Waals surface area (Å²) in [7, 11) is 0. The van der Waals surface area contributed by atoms with Gasteiger partial charge in [0.15, 0.2) is 0 Å². The highest BCUT2D eigenvalue weighted by molar-refractivity contribution is 5.75. The van der Waals surface area contributed by atoms with Gasteiger partial charge < -0.3 is 9.67 Å². The Labute approximate surface area is 121 Å². The molecule has 0 saturated heterocycles. The van der Waals surface area contributed by atoms with E-state index in [0.29, 0.717) is 6.42 Å². The standard InChI is InChI=1S/C17H26N2O/c1-5-11-19-14-10-8-7-9-13(14)18-16(19)12-15(20)17(3,4)6-2/h7-10,15,20H,5-6,11-12H2,1-4H3. The van der Waals surface area contributed by atoms with E-state index in [-0.39, 0.29) is 11.5 Å². The Morgan fingerprint density at radius 3 is 2.60 bits per heavy atom. The number of aliphatic hydroxyl groups excluding tert-OH is 1. The van der Waals surface area contributed by atoms with E-state index in [0.717, 1.165) is 30.7 Å². The van der Waals surface area contributed by atoms with Crippen LogP contribution in [-0.4, -0.2) is 20.8 Å². The fourth-order valence-corrected chi connectivity index (χ4v) is 2.44. The predicted octanol–water partition coefficient (Wildman–Crippen LogP) is 3.79. The van der Waals surface area contributed by atoms with E-state index in [2.05, 4.69) is 38.3 Å².